The van der Waals surface area contributed by atoms with Crippen molar-refractivity contribution in [3.05, 3.63) is 4.91 Å². The maximum atomic E-state index is 11.0. The summed E-state index contributed by atoms with van der Waals surface area (Å²) < 4.78 is 0. The van der Waals surface area contributed by atoms with E-state index in [0.717, 1.165) is 0 Å². The highest BCUT2D eigenvalue weighted by Gasteiger charge is 2.35. The molecule has 0 aromatic rings. The van der Waals surface area contributed by atoms with Gasteiger partial charge in [0.2, 0.25) is 0 Å². The summed E-state index contributed by atoms with van der Waals surface area (Å²) >= 11 is 0. The molecule has 1 aliphatic heterocycles. The van der Waals surface area contributed by atoms with Crippen molar-refractivity contribution in [2.24, 2.45) is 22.7 Å². The summed E-state index contributed by atoms with van der Waals surface area (Å²) in [5.41, 5.74) is 5.40. The molecule has 1 unspecified atom stereocenters. The van der Waals surface area contributed by atoms with E-state index in [1.807, 2.05) is 0 Å². The predicted molar refractivity (Wildman–Crippen MR) is 55.7 cm³/mol. The number of hydrogen-bond donors (Lipinski definition) is 2. The number of carbonyl (C=O) groups excluding carboxylic acids is 1. The van der Waals surface area contributed by atoms with Gasteiger partial charge in [-0.05, 0) is 25.3 Å². The average Bonchev–Trinajstić information content (AvgIpc) is 2.28. The molecule has 0 radical (unpaired) electrons. The minimum atomic E-state index is -0.957. The third-order valence-corrected chi connectivity index (χ3v) is 2.96. The van der Waals surface area contributed by atoms with Crippen molar-refractivity contribution in [3.63, 3.8) is 0 Å². The molecule has 0 saturated carbocycles. The van der Waals surface area contributed by atoms with E-state index in [0.29, 0.717) is 25.9 Å². The molecule has 16 heavy (non-hydrogen) atoms. The Kier molecular flexibility index (Phi) is 4.36. The first-order valence-corrected chi connectivity index (χ1v) is 5.15. The summed E-state index contributed by atoms with van der Waals surface area (Å²) in [6, 6.07) is -0.891. The van der Waals surface area contributed by atoms with Crippen LogP contribution < -0.4 is 5.73 Å². The number of aliphatic carboxylic acids is 1. The van der Waals surface area contributed by atoms with Crippen molar-refractivity contribution in [2.45, 2.75) is 12.8 Å². The molecule has 1 heterocycles. The number of nitrogens with zero attached hydrogens (tertiary/aromatic N) is 2. The molecular formula is C9H15N3O4. The highest BCUT2D eigenvalue weighted by molar-refractivity contribution is 5.77. The van der Waals surface area contributed by atoms with Gasteiger partial charge < -0.3 is 15.7 Å². The Bertz CT molecular complexity index is 294. The number of urea groups is 1. The van der Waals surface area contributed by atoms with E-state index in [-0.39, 0.29) is 12.5 Å². The van der Waals surface area contributed by atoms with Crippen molar-refractivity contribution in [1.82, 2.24) is 4.90 Å². The maximum absolute atomic E-state index is 11.0. The maximum Gasteiger partial charge on any atom is 0.381 e. The zero-order chi connectivity index (χ0) is 12.1. The lowest BCUT2D eigenvalue weighted by atomic mass is 9.83. The molecule has 7 heteroatoms. The number of likely N-dealkylation sites (tertiary alicyclic amines) is 1. The van der Waals surface area contributed by atoms with Gasteiger partial charge in [0, 0.05) is 18.3 Å². The standard InChI is InChI=1S/C9H15N3O4/c10-3-1-6-2-4-12(9(15)11-16)5-7(6)8(13)14/h6-7H,1-5,10H2,(H,13,14)/t6?,7-/m1/s1. The number of nitrogens with two attached hydrogens (primary N) is 1. The molecule has 0 aromatic heterocycles. The number of piperidine rings is 1. The molecule has 2 amide bonds. The number of nitroso groups, excluding NO2 is 1. The summed E-state index contributed by atoms with van der Waals surface area (Å²) in [5.74, 6) is -1.64. The van der Waals surface area contributed by atoms with Crippen LogP contribution in [0.4, 0.5) is 4.79 Å². The van der Waals surface area contributed by atoms with E-state index in [2.05, 4.69) is 5.18 Å². The second-order valence-corrected chi connectivity index (χ2v) is 3.89. The number of amides is 2. The van der Waals surface area contributed by atoms with Gasteiger partial charge >= 0.3 is 12.0 Å². The minimum absolute atomic E-state index is 0.0294. The first kappa shape index (κ1) is 12.6. The van der Waals surface area contributed by atoms with E-state index >= 15 is 0 Å². The Morgan fingerprint density at radius 2 is 2.19 bits per heavy atom. The van der Waals surface area contributed by atoms with E-state index < -0.39 is 17.9 Å². The zero-order valence-electron chi connectivity index (χ0n) is 8.83. The lowest BCUT2D eigenvalue weighted by Gasteiger charge is -2.34. The summed E-state index contributed by atoms with van der Waals surface area (Å²) in [7, 11) is 0. The fraction of sp³-hybridized carbons (Fsp3) is 0.778. The molecule has 2 atom stereocenters. The summed E-state index contributed by atoms with van der Waals surface area (Å²) in [5, 5.41) is 11.3. The third-order valence-electron chi connectivity index (χ3n) is 2.96. The Hall–Kier alpha value is -1.50. The Labute approximate surface area is 92.6 Å². The van der Waals surface area contributed by atoms with Crippen LogP contribution in [0.3, 0.4) is 0 Å². The zero-order valence-corrected chi connectivity index (χ0v) is 8.83. The largest absolute Gasteiger partial charge is 0.481 e. The van der Waals surface area contributed by atoms with E-state index in [1.165, 1.54) is 4.90 Å². The van der Waals surface area contributed by atoms with Crippen molar-refractivity contribution in [1.29, 1.82) is 0 Å². The van der Waals surface area contributed by atoms with Gasteiger partial charge in [0.05, 0.1) is 5.92 Å². The smallest absolute Gasteiger partial charge is 0.381 e. The second-order valence-electron chi connectivity index (χ2n) is 3.89. The quantitative estimate of drug-likeness (QED) is 0.673. The minimum Gasteiger partial charge on any atom is -0.481 e. The van der Waals surface area contributed by atoms with Gasteiger partial charge in [-0.3, -0.25) is 4.79 Å². The average molecular weight is 229 g/mol. The molecule has 90 valence electrons. The molecule has 0 bridgehead atoms. The highest BCUT2D eigenvalue weighted by Crippen LogP contribution is 2.26. The van der Waals surface area contributed by atoms with Crippen LogP contribution in [0.5, 0.6) is 0 Å². The first-order chi connectivity index (χ1) is 7.60. The highest BCUT2D eigenvalue weighted by atomic mass is 16.4. The molecular weight excluding hydrogens is 214 g/mol. The summed E-state index contributed by atoms with van der Waals surface area (Å²) in [4.78, 5) is 33.3. The SMILES string of the molecule is NCCC1CCN(C(=O)N=O)C[C@H]1C(=O)O. The Balaban J connectivity index is 2.68. The van der Waals surface area contributed by atoms with Crippen LogP contribution in [0.2, 0.25) is 0 Å². The summed E-state index contributed by atoms with van der Waals surface area (Å²) in [6.45, 7) is 0.845. The molecule has 1 aliphatic rings. The van der Waals surface area contributed by atoms with Crippen LogP contribution in [-0.2, 0) is 4.79 Å². The lowest BCUT2D eigenvalue weighted by molar-refractivity contribution is -0.145. The third kappa shape index (κ3) is 2.75. The van der Waals surface area contributed by atoms with E-state index in [9.17, 15) is 14.5 Å². The Morgan fingerprint density at radius 3 is 2.69 bits per heavy atom. The molecule has 0 aromatic carbocycles. The number of rotatable bonds is 3. The number of carboxylic acid groups (broad SMARTS) is 1. The monoisotopic (exact) mass is 229 g/mol. The van der Waals surface area contributed by atoms with Crippen LogP contribution in [0, 0.1) is 16.7 Å². The van der Waals surface area contributed by atoms with Crippen LogP contribution >= 0.6 is 0 Å². The van der Waals surface area contributed by atoms with Crippen molar-refractivity contribution < 1.29 is 14.7 Å². The molecule has 3 N–H and O–H groups in total. The molecule has 1 saturated heterocycles. The predicted octanol–water partition coefficient (Wildman–Crippen LogP) is 0.244. The van der Waals surface area contributed by atoms with Gasteiger partial charge in [-0.25, -0.2) is 4.79 Å². The van der Waals surface area contributed by atoms with Gasteiger partial charge in [-0.1, -0.05) is 0 Å². The number of hydrogen-bond acceptors (Lipinski definition) is 4. The van der Waals surface area contributed by atoms with Crippen LogP contribution in [0.15, 0.2) is 5.18 Å². The fourth-order valence-corrected chi connectivity index (χ4v) is 2.07. The van der Waals surface area contributed by atoms with Crippen LogP contribution in [-0.4, -0.2) is 41.6 Å². The normalized spacial score (nSPS) is 25.2. The van der Waals surface area contributed by atoms with Crippen molar-refractivity contribution >= 4 is 12.0 Å². The van der Waals surface area contributed by atoms with Crippen LogP contribution in [0.1, 0.15) is 12.8 Å². The van der Waals surface area contributed by atoms with E-state index in [4.69, 9.17) is 10.8 Å². The van der Waals surface area contributed by atoms with Gasteiger partial charge in [-0.15, -0.1) is 4.91 Å². The fourth-order valence-electron chi connectivity index (χ4n) is 2.07. The van der Waals surface area contributed by atoms with Crippen molar-refractivity contribution in [2.75, 3.05) is 19.6 Å². The lowest BCUT2D eigenvalue weighted by Crippen LogP contribution is -2.46. The summed E-state index contributed by atoms with van der Waals surface area (Å²) in [6.07, 6.45) is 1.17. The molecule has 0 aliphatic carbocycles. The van der Waals surface area contributed by atoms with Gasteiger partial charge in [-0.2, -0.15) is 0 Å². The Morgan fingerprint density at radius 1 is 1.50 bits per heavy atom. The molecule has 1 rings (SSSR count). The topological polar surface area (TPSA) is 113 Å². The van der Waals surface area contributed by atoms with E-state index in [1.54, 1.807) is 0 Å². The molecule has 1 fully saturated rings. The van der Waals surface area contributed by atoms with Crippen LogP contribution in [0.25, 0.3) is 0 Å². The number of carboxylic acids is 1. The first-order valence-electron chi connectivity index (χ1n) is 5.15. The second kappa shape index (κ2) is 5.55. The van der Waals surface area contributed by atoms with Crippen molar-refractivity contribution in [3.8, 4) is 0 Å². The van der Waals surface area contributed by atoms with Gasteiger partial charge in [0.15, 0.2) is 0 Å². The number of carbonyl (C=O) groups is 2. The molecule has 0 spiro atoms. The van der Waals surface area contributed by atoms with Gasteiger partial charge in [0.1, 0.15) is 0 Å². The van der Waals surface area contributed by atoms with Gasteiger partial charge in [0.25, 0.3) is 0 Å². The molecule has 7 nitrogen and oxygen atoms in total.